The highest BCUT2D eigenvalue weighted by molar-refractivity contribution is 5.41. The van der Waals surface area contributed by atoms with Crippen LogP contribution in [0.15, 0.2) is 24.3 Å². The monoisotopic (exact) mass is 158 g/mol. The van der Waals surface area contributed by atoms with E-state index >= 15 is 0 Å². The number of fused-ring (bicyclic) bond motifs is 8. The fourth-order valence-corrected chi connectivity index (χ4v) is 2.93. The SMILES string of the molecule is c1ccc2c(c1)[C@H]1O[C@@H]2[C@@H]2C[C@@H]21. The van der Waals surface area contributed by atoms with Gasteiger partial charge in [0.25, 0.3) is 0 Å². The molecule has 1 aromatic carbocycles. The van der Waals surface area contributed by atoms with Crippen molar-refractivity contribution in [2.24, 2.45) is 11.8 Å². The third-order valence-electron chi connectivity index (χ3n) is 3.57. The average molecular weight is 158 g/mol. The van der Waals surface area contributed by atoms with E-state index in [1.54, 1.807) is 0 Å². The quantitative estimate of drug-likeness (QED) is 0.563. The summed E-state index contributed by atoms with van der Waals surface area (Å²) in [5.41, 5.74) is 2.95. The van der Waals surface area contributed by atoms with Crippen LogP contribution in [0.25, 0.3) is 0 Å². The van der Waals surface area contributed by atoms with E-state index < -0.39 is 0 Å². The highest BCUT2D eigenvalue weighted by Crippen LogP contribution is 2.68. The molecule has 60 valence electrons. The summed E-state index contributed by atoms with van der Waals surface area (Å²) >= 11 is 0. The molecule has 1 heteroatoms. The summed E-state index contributed by atoms with van der Waals surface area (Å²) in [4.78, 5) is 0. The second-order valence-corrected chi connectivity index (χ2v) is 4.17. The van der Waals surface area contributed by atoms with Gasteiger partial charge in [0.2, 0.25) is 0 Å². The van der Waals surface area contributed by atoms with Crippen LogP contribution in [0.2, 0.25) is 0 Å². The molecule has 1 saturated carbocycles. The lowest BCUT2D eigenvalue weighted by molar-refractivity contribution is 0.0392. The minimum absolute atomic E-state index is 0.469. The summed E-state index contributed by atoms with van der Waals surface area (Å²) in [6.07, 6.45) is 2.34. The zero-order valence-corrected chi connectivity index (χ0v) is 6.73. The molecule has 0 N–H and O–H groups in total. The first-order valence-corrected chi connectivity index (χ1v) is 4.69. The van der Waals surface area contributed by atoms with E-state index in [1.165, 1.54) is 17.5 Å². The minimum Gasteiger partial charge on any atom is -0.365 e. The topological polar surface area (TPSA) is 9.23 Å². The normalized spacial score (nSPS) is 45.7. The Balaban J connectivity index is 2.01. The summed E-state index contributed by atoms with van der Waals surface area (Å²) in [6, 6.07) is 8.71. The molecule has 0 spiro atoms. The number of benzene rings is 1. The maximum atomic E-state index is 5.90. The largest absolute Gasteiger partial charge is 0.365 e. The molecule has 4 rings (SSSR count). The van der Waals surface area contributed by atoms with Gasteiger partial charge in [-0.05, 0) is 29.4 Å². The van der Waals surface area contributed by atoms with Gasteiger partial charge in [0.1, 0.15) is 0 Å². The van der Waals surface area contributed by atoms with E-state index in [9.17, 15) is 0 Å². The molecule has 1 saturated heterocycles. The Labute approximate surface area is 71.4 Å². The molecular weight excluding hydrogens is 148 g/mol. The molecule has 2 heterocycles. The van der Waals surface area contributed by atoms with Crippen molar-refractivity contribution >= 4 is 0 Å². The molecule has 2 aliphatic heterocycles. The van der Waals surface area contributed by atoms with Crippen LogP contribution in [0.1, 0.15) is 29.8 Å². The fourth-order valence-electron chi connectivity index (χ4n) is 2.93. The molecule has 12 heavy (non-hydrogen) atoms. The summed E-state index contributed by atoms with van der Waals surface area (Å²) in [5, 5.41) is 0. The number of hydrogen-bond donors (Lipinski definition) is 0. The zero-order chi connectivity index (χ0) is 7.71. The van der Waals surface area contributed by atoms with E-state index in [1.807, 2.05) is 0 Å². The van der Waals surface area contributed by atoms with Gasteiger partial charge in [-0.15, -0.1) is 0 Å². The third kappa shape index (κ3) is 0.469. The van der Waals surface area contributed by atoms with E-state index in [0.717, 1.165) is 11.8 Å². The van der Waals surface area contributed by atoms with Crippen LogP contribution in [0.5, 0.6) is 0 Å². The van der Waals surface area contributed by atoms with Crippen molar-refractivity contribution in [1.29, 1.82) is 0 Å². The molecular formula is C11H10O. The van der Waals surface area contributed by atoms with E-state index in [4.69, 9.17) is 4.74 Å². The molecule has 0 aromatic heterocycles. The van der Waals surface area contributed by atoms with Gasteiger partial charge >= 0.3 is 0 Å². The maximum Gasteiger partial charge on any atom is 0.0869 e. The predicted molar refractivity (Wildman–Crippen MR) is 44.6 cm³/mol. The average Bonchev–Trinajstić information content (AvgIpc) is 2.74. The standard InChI is InChI=1S/C11H10O/c1-2-4-7-6(3-1)10-8-5-9(8)11(7)12-10/h1-4,8-11H,5H2/t8-,9+,10+,11-. The molecule has 4 atom stereocenters. The molecule has 3 aliphatic rings. The van der Waals surface area contributed by atoms with Crippen LogP contribution in [0.3, 0.4) is 0 Å². The molecule has 2 bridgehead atoms. The molecule has 0 radical (unpaired) electrons. The summed E-state index contributed by atoms with van der Waals surface area (Å²) in [6.45, 7) is 0. The fraction of sp³-hybridized carbons (Fsp3) is 0.455. The van der Waals surface area contributed by atoms with Gasteiger partial charge < -0.3 is 4.74 Å². The molecule has 0 amide bonds. The summed E-state index contributed by atoms with van der Waals surface area (Å²) in [5.74, 6) is 1.76. The Morgan fingerprint density at radius 1 is 1.00 bits per heavy atom. The number of rotatable bonds is 0. The molecule has 1 nitrogen and oxygen atoms in total. The van der Waals surface area contributed by atoms with Gasteiger partial charge in [-0.2, -0.15) is 0 Å². The van der Waals surface area contributed by atoms with Gasteiger partial charge in [0.15, 0.2) is 0 Å². The van der Waals surface area contributed by atoms with Gasteiger partial charge in [-0.1, -0.05) is 24.3 Å². The highest BCUT2D eigenvalue weighted by Gasteiger charge is 2.61. The van der Waals surface area contributed by atoms with Crippen molar-refractivity contribution in [3.05, 3.63) is 35.4 Å². The second kappa shape index (κ2) is 1.60. The van der Waals surface area contributed by atoms with Crippen LogP contribution >= 0.6 is 0 Å². The number of ether oxygens (including phenoxy) is 1. The van der Waals surface area contributed by atoms with Crippen LogP contribution in [-0.4, -0.2) is 0 Å². The lowest BCUT2D eigenvalue weighted by Gasteiger charge is -2.08. The molecule has 2 fully saturated rings. The zero-order valence-electron chi connectivity index (χ0n) is 6.73. The Morgan fingerprint density at radius 3 is 2.17 bits per heavy atom. The smallest absolute Gasteiger partial charge is 0.0869 e. The van der Waals surface area contributed by atoms with Crippen molar-refractivity contribution < 1.29 is 4.74 Å². The first-order chi connectivity index (χ1) is 5.95. The van der Waals surface area contributed by atoms with Gasteiger partial charge in [0.05, 0.1) is 12.2 Å². The van der Waals surface area contributed by atoms with Crippen molar-refractivity contribution in [1.82, 2.24) is 0 Å². The van der Waals surface area contributed by atoms with Gasteiger partial charge in [-0.25, -0.2) is 0 Å². The Kier molecular flexibility index (Phi) is 0.767. The van der Waals surface area contributed by atoms with Gasteiger partial charge in [-0.3, -0.25) is 0 Å². The van der Waals surface area contributed by atoms with Crippen molar-refractivity contribution in [3.8, 4) is 0 Å². The van der Waals surface area contributed by atoms with E-state index in [2.05, 4.69) is 24.3 Å². The van der Waals surface area contributed by atoms with Crippen molar-refractivity contribution in [2.45, 2.75) is 18.6 Å². The van der Waals surface area contributed by atoms with Crippen LogP contribution < -0.4 is 0 Å². The molecule has 1 aliphatic carbocycles. The van der Waals surface area contributed by atoms with Crippen LogP contribution in [0.4, 0.5) is 0 Å². The first kappa shape index (κ1) is 5.76. The summed E-state index contributed by atoms with van der Waals surface area (Å²) in [7, 11) is 0. The first-order valence-electron chi connectivity index (χ1n) is 4.69. The van der Waals surface area contributed by atoms with Crippen molar-refractivity contribution in [2.75, 3.05) is 0 Å². The van der Waals surface area contributed by atoms with E-state index in [0.29, 0.717) is 12.2 Å². The Morgan fingerprint density at radius 2 is 1.58 bits per heavy atom. The van der Waals surface area contributed by atoms with Gasteiger partial charge in [0, 0.05) is 0 Å². The molecule has 0 unspecified atom stereocenters. The summed E-state index contributed by atoms with van der Waals surface area (Å²) < 4.78 is 5.90. The molecule has 1 aromatic rings. The van der Waals surface area contributed by atoms with E-state index in [-0.39, 0.29) is 0 Å². The number of hydrogen-bond acceptors (Lipinski definition) is 1. The van der Waals surface area contributed by atoms with Crippen LogP contribution in [-0.2, 0) is 4.74 Å². The lowest BCUT2D eigenvalue weighted by Crippen LogP contribution is -1.99. The Bertz CT molecular complexity index is 325. The third-order valence-corrected chi connectivity index (χ3v) is 3.57. The van der Waals surface area contributed by atoms with Crippen molar-refractivity contribution in [3.63, 3.8) is 0 Å². The maximum absolute atomic E-state index is 5.90. The lowest BCUT2D eigenvalue weighted by atomic mass is 9.92. The second-order valence-electron chi connectivity index (χ2n) is 4.17. The highest BCUT2D eigenvalue weighted by atomic mass is 16.5. The predicted octanol–water partition coefficient (Wildman–Crippen LogP) is 2.45. The minimum atomic E-state index is 0.469. The van der Waals surface area contributed by atoms with Crippen LogP contribution in [0, 0.1) is 11.8 Å². The Hall–Kier alpha value is -0.820.